The van der Waals surface area contributed by atoms with Gasteiger partial charge in [-0.3, -0.25) is 4.99 Å². The summed E-state index contributed by atoms with van der Waals surface area (Å²) in [6, 6.07) is 5.82. The Morgan fingerprint density at radius 2 is 2.00 bits per heavy atom. The molecule has 0 aliphatic heterocycles. The molecule has 4 nitrogen and oxygen atoms in total. The molecule has 1 rings (SSSR count). The Hall–Kier alpha value is -0.540. The summed E-state index contributed by atoms with van der Waals surface area (Å²) in [5.74, 6) is 1.37. The number of hydrogen-bond donors (Lipinski definition) is 3. The molecule has 21 heavy (non-hydrogen) atoms. The van der Waals surface area contributed by atoms with Crippen LogP contribution in [-0.2, 0) is 0 Å². The smallest absolute Gasteiger partial charge is 0.191 e. The van der Waals surface area contributed by atoms with Gasteiger partial charge >= 0.3 is 0 Å². The summed E-state index contributed by atoms with van der Waals surface area (Å²) in [5.41, 5.74) is 0.662. The number of nitrogens with one attached hydrogen (secondary N) is 2. The van der Waals surface area contributed by atoms with Crippen molar-refractivity contribution in [1.82, 2.24) is 10.6 Å². The molecule has 1 aromatic carbocycles. The van der Waals surface area contributed by atoms with Crippen molar-refractivity contribution in [3.63, 3.8) is 0 Å². The van der Waals surface area contributed by atoms with Gasteiger partial charge in [0.1, 0.15) is 5.82 Å². The van der Waals surface area contributed by atoms with Crippen LogP contribution in [0.25, 0.3) is 0 Å². The van der Waals surface area contributed by atoms with Crippen LogP contribution in [0.3, 0.4) is 0 Å². The van der Waals surface area contributed by atoms with Gasteiger partial charge in [0.05, 0.1) is 12.6 Å². The van der Waals surface area contributed by atoms with Crippen LogP contribution in [0.1, 0.15) is 18.6 Å². The highest BCUT2D eigenvalue weighted by Gasteiger charge is 2.07. The Balaban J connectivity index is 0.00000400. The predicted molar refractivity (Wildman–Crippen MR) is 99.1 cm³/mol. The van der Waals surface area contributed by atoms with Crippen molar-refractivity contribution >= 4 is 41.7 Å². The van der Waals surface area contributed by atoms with Gasteiger partial charge in [0, 0.05) is 18.8 Å². The highest BCUT2D eigenvalue weighted by Crippen LogP contribution is 2.13. The lowest BCUT2D eigenvalue weighted by Crippen LogP contribution is -2.38. The van der Waals surface area contributed by atoms with Crippen LogP contribution in [0.5, 0.6) is 0 Å². The van der Waals surface area contributed by atoms with Gasteiger partial charge in [-0.15, -0.1) is 24.0 Å². The number of thioether (sulfide) groups is 1. The van der Waals surface area contributed by atoms with Gasteiger partial charge in [-0.05, 0) is 30.9 Å². The number of hydrogen-bond acceptors (Lipinski definition) is 3. The molecular formula is C14H23FIN3OS. The Labute approximate surface area is 147 Å². The van der Waals surface area contributed by atoms with E-state index in [9.17, 15) is 9.50 Å². The largest absolute Gasteiger partial charge is 0.386 e. The summed E-state index contributed by atoms with van der Waals surface area (Å²) < 4.78 is 12.8. The van der Waals surface area contributed by atoms with Gasteiger partial charge in [0.2, 0.25) is 0 Å². The molecule has 0 aliphatic rings. The molecule has 0 heterocycles. The normalized spacial score (nSPS) is 12.5. The van der Waals surface area contributed by atoms with E-state index in [4.69, 9.17) is 0 Å². The fourth-order valence-electron chi connectivity index (χ4n) is 1.58. The van der Waals surface area contributed by atoms with Crippen molar-refractivity contribution in [2.45, 2.75) is 13.0 Å². The fraction of sp³-hybridized carbons (Fsp3) is 0.500. The zero-order chi connectivity index (χ0) is 14.8. The molecule has 0 fully saturated rings. The van der Waals surface area contributed by atoms with Crippen LogP contribution in [-0.4, -0.2) is 42.7 Å². The first-order valence-corrected chi connectivity index (χ1v) is 8.01. The zero-order valence-corrected chi connectivity index (χ0v) is 15.5. The van der Waals surface area contributed by atoms with Gasteiger partial charge in [-0.25, -0.2) is 4.39 Å². The van der Waals surface area contributed by atoms with Gasteiger partial charge in [0.15, 0.2) is 5.96 Å². The second kappa shape index (κ2) is 12.0. The first-order chi connectivity index (χ1) is 9.67. The molecule has 0 amide bonds. The van der Waals surface area contributed by atoms with E-state index in [-0.39, 0.29) is 36.3 Å². The minimum atomic E-state index is -0.730. The van der Waals surface area contributed by atoms with Crippen molar-refractivity contribution < 1.29 is 9.50 Å². The third-order valence-electron chi connectivity index (χ3n) is 2.62. The number of aliphatic imine (C=N–C) groups is 1. The average Bonchev–Trinajstić information content (AvgIpc) is 2.45. The Bertz CT molecular complexity index is 417. The molecular weight excluding hydrogens is 404 g/mol. The second-order valence-electron chi connectivity index (χ2n) is 4.21. The maximum absolute atomic E-state index is 12.8. The maximum atomic E-state index is 12.8. The zero-order valence-electron chi connectivity index (χ0n) is 12.3. The van der Waals surface area contributed by atoms with Gasteiger partial charge in [0.25, 0.3) is 0 Å². The quantitative estimate of drug-likeness (QED) is 0.271. The number of halogens is 2. The van der Waals surface area contributed by atoms with Crippen LogP contribution in [0.2, 0.25) is 0 Å². The average molecular weight is 427 g/mol. The van der Waals surface area contributed by atoms with Crippen molar-refractivity contribution in [1.29, 1.82) is 0 Å². The monoisotopic (exact) mass is 427 g/mol. The lowest BCUT2D eigenvalue weighted by molar-refractivity contribution is 0.187. The maximum Gasteiger partial charge on any atom is 0.191 e. The molecule has 0 saturated heterocycles. The summed E-state index contributed by atoms with van der Waals surface area (Å²) in [5, 5.41) is 16.3. The predicted octanol–water partition coefficient (Wildman–Crippen LogP) is 2.40. The van der Waals surface area contributed by atoms with Crippen molar-refractivity contribution in [3.05, 3.63) is 35.6 Å². The van der Waals surface area contributed by atoms with Crippen LogP contribution < -0.4 is 10.6 Å². The van der Waals surface area contributed by atoms with Crippen LogP contribution >= 0.6 is 35.7 Å². The minimum absolute atomic E-state index is 0. The standard InChI is InChI=1S/C14H22FN3OS.HI/c1-3-16-14(17-8-9-20-2)18-10-13(19)11-4-6-12(15)7-5-11;/h4-7,13,19H,3,8-10H2,1-2H3,(H2,16,17,18);1H. The topological polar surface area (TPSA) is 56.7 Å². The molecule has 120 valence electrons. The summed E-state index contributed by atoms with van der Waals surface area (Å²) in [4.78, 5) is 4.33. The number of guanidine groups is 1. The third kappa shape index (κ3) is 8.47. The molecule has 7 heteroatoms. The van der Waals surface area contributed by atoms with Gasteiger partial charge in [-0.1, -0.05) is 12.1 Å². The van der Waals surface area contributed by atoms with Crippen molar-refractivity contribution in [2.24, 2.45) is 4.99 Å². The number of rotatable bonds is 7. The van der Waals surface area contributed by atoms with Gasteiger partial charge < -0.3 is 15.7 Å². The SMILES string of the molecule is CCNC(=NCC(O)c1ccc(F)cc1)NCCSC.I. The molecule has 1 unspecified atom stereocenters. The first kappa shape index (κ1) is 20.5. The molecule has 0 aromatic heterocycles. The molecule has 0 saturated carbocycles. The first-order valence-electron chi connectivity index (χ1n) is 6.62. The number of nitrogens with zero attached hydrogens (tertiary/aromatic N) is 1. The number of aliphatic hydroxyl groups excluding tert-OH is 1. The van der Waals surface area contributed by atoms with Crippen molar-refractivity contribution in [2.75, 3.05) is 31.6 Å². The van der Waals surface area contributed by atoms with Crippen LogP contribution in [0.15, 0.2) is 29.3 Å². The van der Waals surface area contributed by atoms with Crippen molar-refractivity contribution in [3.8, 4) is 0 Å². The van der Waals surface area contributed by atoms with E-state index < -0.39 is 6.10 Å². The van der Waals surface area contributed by atoms with Crippen LogP contribution in [0, 0.1) is 5.82 Å². The Kier molecular flexibility index (Phi) is 11.7. The van der Waals surface area contributed by atoms with E-state index in [0.29, 0.717) is 11.5 Å². The fourth-order valence-corrected chi connectivity index (χ4v) is 1.89. The van der Waals surface area contributed by atoms with Gasteiger partial charge in [-0.2, -0.15) is 11.8 Å². The summed E-state index contributed by atoms with van der Waals surface area (Å²) >= 11 is 1.75. The van der Waals surface area contributed by atoms with E-state index in [0.717, 1.165) is 18.8 Å². The lowest BCUT2D eigenvalue weighted by Gasteiger charge is -2.13. The second-order valence-corrected chi connectivity index (χ2v) is 5.19. The van der Waals surface area contributed by atoms with E-state index in [1.807, 2.05) is 13.2 Å². The molecule has 1 atom stereocenters. The number of aliphatic hydroxyl groups is 1. The molecule has 0 aliphatic carbocycles. The Morgan fingerprint density at radius 1 is 1.33 bits per heavy atom. The molecule has 0 bridgehead atoms. The highest BCUT2D eigenvalue weighted by atomic mass is 127. The molecule has 1 aromatic rings. The minimum Gasteiger partial charge on any atom is -0.386 e. The lowest BCUT2D eigenvalue weighted by atomic mass is 10.1. The summed E-state index contributed by atoms with van der Waals surface area (Å²) in [7, 11) is 0. The van der Waals surface area contributed by atoms with Crippen LogP contribution in [0.4, 0.5) is 4.39 Å². The molecule has 0 radical (unpaired) electrons. The summed E-state index contributed by atoms with van der Waals surface area (Å²) in [6.07, 6.45) is 1.32. The number of benzene rings is 1. The summed E-state index contributed by atoms with van der Waals surface area (Å²) in [6.45, 7) is 3.81. The molecule has 3 N–H and O–H groups in total. The van der Waals surface area contributed by atoms with E-state index in [1.165, 1.54) is 12.1 Å². The highest BCUT2D eigenvalue weighted by molar-refractivity contribution is 14.0. The van der Waals surface area contributed by atoms with E-state index in [1.54, 1.807) is 23.9 Å². The molecule has 0 spiro atoms. The van der Waals surface area contributed by atoms with E-state index >= 15 is 0 Å². The Morgan fingerprint density at radius 3 is 2.57 bits per heavy atom. The third-order valence-corrected chi connectivity index (χ3v) is 3.23. The van der Waals surface area contributed by atoms with E-state index in [2.05, 4.69) is 15.6 Å².